The molecule has 2 aromatic rings. The maximum Gasteiger partial charge on any atom is 0.435 e. The van der Waals surface area contributed by atoms with Crippen LogP contribution in [0, 0.1) is 12.7 Å². The fourth-order valence-corrected chi connectivity index (χ4v) is 1.98. The third-order valence-electron chi connectivity index (χ3n) is 3.20. The Morgan fingerprint density at radius 1 is 1.26 bits per heavy atom. The number of halogens is 4. The Bertz CT molecular complexity index is 844. The molecule has 27 heavy (non-hydrogen) atoms. The highest BCUT2D eigenvalue weighted by Crippen LogP contribution is 2.30. The fraction of sp³-hybridized carbons (Fsp3) is 0.294. The van der Waals surface area contributed by atoms with Gasteiger partial charge in [0.15, 0.2) is 5.69 Å². The number of nitrogens with zero attached hydrogens (tertiary/aromatic N) is 2. The van der Waals surface area contributed by atoms with Crippen molar-refractivity contribution >= 4 is 5.97 Å². The van der Waals surface area contributed by atoms with Gasteiger partial charge in [-0.2, -0.15) is 18.3 Å². The van der Waals surface area contributed by atoms with Gasteiger partial charge in [0.2, 0.25) is 5.76 Å². The van der Waals surface area contributed by atoms with Gasteiger partial charge < -0.3 is 14.2 Å². The van der Waals surface area contributed by atoms with E-state index in [2.05, 4.69) is 9.84 Å². The standard InChI is InChI=1S/C16H14F4N2O4.CH4/c1-9-6-10(17)11(22-5-4-14(21-22)16(18,19)20)7-12(9)26-13(8-24-2)15(23)25-3;/h4-8H,1-3H3;1H4/b13-8-;. The van der Waals surface area contributed by atoms with Gasteiger partial charge in [-0.1, -0.05) is 7.43 Å². The van der Waals surface area contributed by atoms with Gasteiger partial charge in [0.25, 0.3) is 0 Å². The SMILES string of the molecule is C.CO/C=C(\Oc1cc(-n2ccc(C(F)(F)F)n2)c(F)cc1C)C(=O)OC. The van der Waals surface area contributed by atoms with Gasteiger partial charge in [-0.3, -0.25) is 0 Å². The van der Waals surface area contributed by atoms with E-state index in [0.29, 0.717) is 11.6 Å². The van der Waals surface area contributed by atoms with E-state index < -0.39 is 23.7 Å². The third-order valence-corrected chi connectivity index (χ3v) is 3.20. The minimum absolute atomic E-state index is 0. The highest BCUT2D eigenvalue weighted by atomic mass is 19.4. The number of rotatable bonds is 5. The fourth-order valence-electron chi connectivity index (χ4n) is 1.98. The van der Waals surface area contributed by atoms with E-state index in [1.54, 1.807) is 0 Å². The Morgan fingerprint density at radius 2 is 1.93 bits per heavy atom. The molecule has 0 aliphatic carbocycles. The Hall–Kier alpha value is -3.04. The normalized spacial score (nSPS) is 11.6. The summed E-state index contributed by atoms with van der Waals surface area (Å²) in [5, 5.41) is 3.32. The maximum atomic E-state index is 14.2. The van der Waals surface area contributed by atoms with Crippen molar-refractivity contribution in [1.29, 1.82) is 0 Å². The lowest BCUT2D eigenvalue weighted by Crippen LogP contribution is -2.12. The maximum absolute atomic E-state index is 14.2. The second-order valence-corrected chi connectivity index (χ2v) is 5.02. The lowest BCUT2D eigenvalue weighted by atomic mass is 10.2. The number of hydrogen-bond donors (Lipinski definition) is 0. The monoisotopic (exact) mass is 390 g/mol. The molecule has 0 bridgehead atoms. The molecule has 0 aliphatic rings. The van der Waals surface area contributed by atoms with Crippen LogP contribution in [0.1, 0.15) is 18.7 Å². The van der Waals surface area contributed by atoms with Crippen molar-refractivity contribution in [2.24, 2.45) is 0 Å². The van der Waals surface area contributed by atoms with Crippen LogP contribution in [-0.4, -0.2) is 30.0 Å². The summed E-state index contributed by atoms with van der Waals surface area (Å²) < 4.78 is 67.6. The average molecular weight is 390 g/mol. The quantitative estimate of drug-likeness (QED) is 0.334. The number of carbonyl (C=O) groups excluding carboxylic acids is 1. The molecule has 10 heteroatoms. The van der Waals surface area contributed by atoms with E-state index in [-0.39, 0.29) is 24.6 Å². The first kappa shape index (κ1) is 22.0. The number of aromatic nitrogens is 2. The van der Waals surface area contributed by atoms with E-state index in [9.17, 15) is 22.4 Å². The molecule has 2 rings (SSSR count). The Kier molecular flexibility index (Phi) is 6.98. The second kappa shape index (κ2) is 8.56. The predicted molar refractivity (Wildman–Crippen MR) is 87.7 cm³/mol. The number of esters is 1. The van der Waals surface area contributed by atoms with Crippen LogP contribution in [0.5, 0.6) is 5.75 Å². The van der Waals surface area contributed by atoms with Crippen LogP contribution < -0.4 is 4.74 Å². The molecule has 0 saturated heterocycles. The number of methoxy groups -OCH3 is 2. The van der Waals surface area contributed by atoms with Crippen molar-refractivity contribution in [3.63, 3.8) is 0 Å². The number of benzene rings is 1. The van der Waals surface area contributed by atoms with Crippen molar-refractivity contribution in [2.75, 3.05) is 14.2 Å². The summed E-state index contributed by atoms with van der Waals surface area (Å²) in [7, 11) is 2.40. The average Bonchev–Trinajstić information content (AvgIpc) is 3.05. The largest absolute Gasteiger partial charge is 0.500 e. The molecule has 0 saturated carbocycles. The van der Waals surface area contributed by atoms with Gasteiger partial charge in [0.1, 0.15) is 23.5 Å². The van der Waals surface area contributed by atoms with Gasteiger partial charge in [0.05, 0.1) is 14.2 Å². The van der Waals surface area contributed by atoms with Crippen LogP contribution in [-0.2, 0) is 20.4 Å². The topological polar surface area (TPSA) is 62.6 Å². The first-order chi connectivity index (χ1) is 12.2. The van der Waals surface area contributed by atoms with E-state index in [1.165, 1.54) is 14.0 Å². The highest BCUT2D eigenvalue weighted by Gasteiger charge is 2.34. The summed E-state index contributed by atoms with van der Waals surface area (Å²) in [5.41, 5.74) is -1.17. The van der Waals surface area contributed by atoms with Crippen LogP contribution in [0.2, 0.25) is 0 Å². The van der Waals surface area contributed by atoms with Crippen molar-refractivity contribution in [1.82, 2.24) is 9.78 Å². The van der Waals surface area contributed by atoms with Crippen molar-refractivity contribution in [2.45, 2.75) is 20.5 Å². The zero-order valence-corrected chi connectivity index (χ0v) is 13.9. The van der Waals surface area contributed by atoms with Crippen LogP contribution in [0.3, 0.4) is 0 Å². The summed E-state index contributed by atoms with van der Waals surface area (Å²) in [5.74, 6) is -1.98. The minimum atomic E-state index is -4.66. The summed E-state index contributed by atoms with van der Waals surface area (Å²) in [6.07, 6.45) is -2.72. The van der Waals surface area contributed by atoms with E-state index in [4.69, 9.17) is 9.47 Å². The number of aryl methyl sites for hydroxylation is 1. The molecule has 0 aliphatic heterocycles. The molecular weight excluding hydrogens is 372 g/mol. The van der Waals surface area contributed by atoms with Crippen molar-refractivity contribution < 1.29 is 36.6 Å². The zero-order chi connectivity index (χ0) is 19.5. The molecule has 1 heterocycles. The lowest BCUT2D eigenvalue weighted by Gasteiger charge is -2.13. The van der Waals surface area contributed by atoms with E-state index in [0.717, 1.165) is 36.4 Å². The molecule has 1 aromatic carbocycles. The first-order valence-corrected chi connectivity index (χ1v) is 7.10. The molecule has 0 spiro atoms. The number of carbonyl (C=O) groups is 1. The van der Waals surface area contributed by atoms with Crippen molar-refractivity contribution in [3.05, 3.63) is 53.5 Å². The Morgan fingerprint density at radius 3 is 2.44 bits per heavy atom. The van der Waals surface area contributed by atoms with Gasteiger partial charge >= 0.3 is 12.1 Å². The van der Waals surface area contributed by atoms with Gasteiger partial charge in [-0.25, -0.2) is 13.9 Å². The molecule has 0 amide bonds. The second-order valence-electron chi connectivity index (χ2n) is 5.02. The number of ether oxygens (including phenoxy) is 3. The third kappa shape index (κ3) is 4.99. The molecule has 0 unspecified atom stereocenters. The van der Waals surface area contributed by atoms with Crippen LogP contribution >= 0.6 is 0 Å². The molecular formula is C17H18F4N2O4. The van der Waals surface area contributed by atoms with Crippen LogP contribution in [0.25, 0.3) is 5.69 Å². The predicted octanol–water partition coefficient (Wildman–Crippen LogP) is 4.01. The number of hydrogen-bond acceptors (Lipinski definition) is 5. The lowest BCUT2D eigenvalue weighted by molar-refractivity contribution is -0.141. The smallest absolute Gasteiger partial charge is 0.435 e. The molecule has 0 N–H and O–H groups in total. The molecule has 148 valence electrons. The van der Waals surface area contributed by atoms with Crippen molar-refractivity contribution in [3.8, 4) is 11.4 Å². The molecule has 1 aromatic heterocycles. The summed E-state index contributed by atoms with van der Waals surface area (Å²) in [4.78, 5) is 11.6. The number of alkyl halides is 3. The van der Waals surface area contributed by atoms with Gasteiger partial charge in [0, 0.05) is 12.3 Å². The van der Waals surface area contributed by atoms with Gasteiger partial charge in [-0.15, -0.1) is 0 Å². The molecule has 6 nitrogen and oxygen atoms in total. The summed E-state index contributed by atoms with van der Waals surface area (Å²) in [6.45, 7) is 1.49. The Labute approximate surface area is 152 Å². The summed E-state index contributed by atoms with van der Waals surface area (Å²) in [6, 6.07) is 2.87. The molecule has 0 fully saturated rings. The first-order valence-electron chi connectivity index (χ1n) is 7.10. The van der Waals surface area contributed by atoms with Crippen LogP contribution in [0.4, 0.5) is 17.6 Å². The molecule has 0 atom stereocenters. The highest BCUT2D eigenvalue weighted by molar-refractivity contribution is 5.86. The Balaban J connectivity index is 0.00000364. The van der Waals surface area contributed by atoms with E-state index in [1.807, 2.05) is 0 Å². The minimum Gasteiger partial charge on any atom is -0.500 e. The molecule has 0 radical (unpaired) electrons. The van der Waals surface area contributed by atoms with E-state index >= 15 is 0 Å². The van der Waals surface area contributed by atoms with Crippen LogP contribution in [0.15, 0.2) is 36.4 Å². The summed E-state index contributed by atoms with van der Waals surface area (Å²) >= 11 is 0. The zero-order valence-electron chi connectivity index (χ0n) is 13.9. The van der Waals surface area contributed by atoms with Gasteiger partial charge in [-0.05, 0) is 24.6 Å².